The van der Waals surface area contributed by atoms with Gasteiger partial charge >= 0.3 is 11.9 Å². The van der Waals surface area contributed by atoms with Crippen LogP contribution < -0.4 is 0 Å². The lowest BCUT2D eigenvalue weighted by Crippen LogP contribution is -2.21. The number of ether oxygens (including phenoxy) is 1. The minimum absolute atomic E-state index is 0.00778. The summed E-state index contributed by atoms with van der Waals surface area (Å²) >= 11 is 0. The zero-order valence-corrected chi connectivity index (χ0v) is 21.1. The summed E-state index contributed by atoms with van der Waals surface area (Å²) in [6.45, 7) is 0. The van der Waals surface area contributed by atoms with Gasteiger partial charge < -0.3 is 4.74 Å². The number of carbonyl (C=O) groups excluding carboxylic acids is 8. The van der Waals surface area contributed by atoms with Crippen molar-refractivity contribution in [1.29, 1.82) is 0 Å². The molecule has 0 radical (unpaired) electrons. The number of benzene rings is 4. The Labute approximate surface area is 232 Å². The van der Waals surface area contributed by atoms with E-state index in [2.05, 4.69) is 0 Å². The molecular formula is C32H18O9. The van der Waals surface area contributed by atoms with Crippen LogP contribution in [0.4, 0.5) is 0 Å². The van der Waals surface area contributed by atoms with E-state index in [0.29, 0.717) is 25.1 Å². The normalized spacial score (nSPS) is 10.2. The highest BCUT2D eigenvalue weighted by atomic mass is 16.6. The Kier molecular flexibility index (Phi) is 8.39. The Bertz CT molecular complexity index is 1640. The molecule has 0 aliphatic carbocycles. The van der Waals surface area contributed by atoms with Crippen molar-refractivity contribution >= 4 is 48.6 Å². The molecule has 0 fully saturated rings. The van der Waals surface area contributed by atoms with E-state index >= 15 is 0 Å². The molecule has 0 amide bonds. The third-order valence-corrected chi connectivity index (χ3v) is 6.10. The lowest BCUT2D eigenvalue weighted by atomic mass is 9.92. The average Bonchev–Trinajstić information content (AvgIpc) is 3.03. The van der Waals surface area contributed by atoms with Gasteiger partial charge in [-0.05, 0) is 24.3 Å². The Morgan fingerprint density at radius 1 is 0.488 bits per heavy atom. The topological polar surface area (TPSA) is 146 Å². The van der Waals surface area contributed by atoms with Gasteiger partial charge in [-0.2, -0.15) is 0 Å². The zero-order valence-electron chi connectivity index (χ0n) is 21.1. The molecule has 9 nitrogen and oxygen atoms in total. The number of hydrogen-bond donors (Lipinski definition) is 0. The van der Waals surface area contributed by atoms with Crippen LogP contribution in [-0.4, -0.2) is 48.6 Å². The predicted molar refractivity (Wildman–Crippen MR) is 144 cm³/mol. The maximum absolute atomic E-state index is 13.3. The second kappa shape index (κ2) is 12.3. The molecule has 4 rings (SSSR count). The Morgan fingerprint density at radius 3 is 1.24 bits per heavy atom. The molecule has 0 aromatic heterocycles. The largest absolute Gasteiger partial charge is 0.386 e. The second-order valence-corrected chi connectivity index (χ2v) is 8.60. The van der Waals surface area contributed by atoms with E-state index in [4.69, 9.17) is 4.74 Å². The molecule has 0 spiro atoms. The van der Waals surface area contributed by atoms with Gasteiger partial charge in [0.15, 0.2) is 24.1 Å². The van der Waals surface area contributed by atoms with Crippen LogP contribution in [-0.2, 0) is 4.74 Å². The summed E-state index contributed by atoms with van der Waals surface area (Å²) in [5, 5.41) is 0. The van der Waals surface area contributed by atoms with Crippen molar-refractivity contribution < 1.29 is 43.1 Å². The third-order valence-electron chi connectivity index (χ3n) is 6.10. The molecule has 0 heterocycles. The van der Waals surface area contributed by atoms with Crippen LogP contribution in [0.1, 0.15) is 94.0 Å². The number of carbonyl (C=O) groups is 8. The van der Waals surface area contributed by atoms with Gasteiger partial charge in [-0.1, -0.05) is 60.7 Å². The zero-order chi connectivity index (χ0) is 29.5. The van der Waals surface area contributed by atoms with Crippen molar-refractivity contribution in [3.05, 3.63) is 141 Å². The number of rotatable bonds is 10. The van der Waals surface area contributed by atoms with Gasteiger partial charge in [-0.15, -0.1) is 0 Å². The van der Waals surface area contributed by atoms with Crippen molar-refractivity contribution in [2.45, 2.75) is 0 Å². The lowest BCUT2D eigenvalue weighted by Gasteiger charge is -2.13. The van der Waals surface area contributed by atoms with Crippen molar-refractivity contribution in [3.63, 3.8) is 0 Å². The summed E-state index contributed by atoms with van der Waals surface area (Å²) in [6, 6.07) is 18.7. The lowest BCUT2D eigenvalue weighted by molar-refractivity contribution is 0.0393. The molecule has 4 aromatic rings. The van der Waals surface area contributed by atoms with E-state index in [1.807, 2.05) is 0 Å². The number of esters is 2. The molecule has 0 aliphatic heterocycles. The van der Waals surface area contributed by atoms with Crippen molar-refractivity contribution in [3.8, 4) is 0 Å². The average molecular weight is 546 g/mol. The standard InChI is InChI=1S/C32H18O9/c33-15-19-5-1-7-21(13-19)29(37)27-23(17-35)9-3-11-25(27)31(39)41-32(40)26-12-4-10-24(18-36)28(26)30(38)22-8-2-6-20(14-22)16-34/h1-18H. The van der Waals surface area contributed by atoms with Crippen LogP contribution in [0.5, 0.6) is 0 Å². The fourth-order valence-electron chi connectivity index (χ4n) is 4.17. The van der Waals surface area contributed by atoms with E-state index in [1.165, 1.54) is 84.9 Å². The molecule has 9 heteroatoms. The first-order chi connectivity index (χ1) is 19.8. The van der Waals surface area contributed by atoms with Crippen LogP contribution in [0.2, 0.25) is 0 Å². The fourth-order valence-corrected chi connectivity index (χ4v) is 4.17. The van der Waals surface area contributed by atoms with Gasteiger partial charge in [-0.25, -0.2) is 9.59 Å². The summed E-state index contributed by atoms with van der Waals surface area (Å²) in [5.74, 6) is -4.15. The maximum atomic E-state index is 13.3. The number of hydrogen-bond acceptors (Lipinski definition) is 9. The quantitative estimate of drug-likeness (QED) is 0.122. The molecule has 0 aliphatic rings. The third kappa shape index (κ3) is 5.74. The van der Waals surface area contributed by atoms with E-state index < -0.39 is 34.6 Å². The predicted octanol–water partition coefficient (Wildman–Crippen LogP) is 4.40. The van der Waals surface area contributed by atoms with Gasteiger partial charge in [0, 0.05) is 44.5 Å². The highest BCUT2D eigenvalue weighted by Gasteiger charge is 2.28. The first-order valence-electron chi connectivity index (χ1n) is 12.0. The van der Waals surface area contributed by atoms with Crippen LogP contribution in [0.15, 0.2) is 84.9 Å². The number of aldehydes is 4. The van der Waals surface area contributed by atoms with Gasteiger partial charge in [0.1, 0.15) is 12.6 Å². The minimum Gasteiger partial charge on any atom is -0.386 e. The van der Waals surface area contributed by atoms with Crippen LogP contribution in [0.3, 0.4) is 0 Å². The summed E-state index contributed by atoms with van der Waals surface area (Å²) in [6.07, 6.45) is 1.76. The van der Waals surface area contributed by atoms with Gasteiger partial charge in [-0.3, -0.25) is 28.8 Å². The van der Waals surface area contributed by atoms with Crippen LogP contribution in [0, 0.1) is 0 Å². The van der Waals surface area contributed by atoms with Crippen molar-refractivity contribution in [2.24, 2.45) is 0 Å². The van der Waals surface area contributed by atoms with E-state index in [0.717, 1.165) is 0 Å². The minimum atomic E-state index is -1.30. The van der Waals surface area contributed by atoms with Crippen LogP contribution >= 0.6 is 0 Å². The van der Waals surface area contributed by atoms with Gasteiger partial charge in [0.25, 0.3) is 0 Å². The Balaban J connectivity index is 1.74. The first kappa shape index (κ1) is 28.1. The van der Waals surface area contributed by atoms with Crippen molar-refractivity contribution in [2.75, 3.05) is 0 Å². The van der Waals surface area contributed by atoms with E-state index in [9.17, 15) is 38.4 Å². The molecule has 200 valence electrons. The summed E-state index contributed by atoms with van der Waals surface area (Å²) in [4.78, 5) is 98.9. The molecular weight excluding hydrogens is 528 g/mol. The highest BCUT2D eigenvalue weighted by Crippen LogP contribution is 2.23. The molecule has 0 N–H and O–H groups in total. The van der Waals surface area contributed by atoms with Gasteiger partial charge in [0.05, 0.1) is 11.1 Å². The first-order valence-corrected chi connectivity index (χ1v) is 12.0. The molecule has 0 bridgehead atoms. The molecule has 0 saturated heterocycles. The highest BCUT2D eigenvalue weighted by molar-refractivity contribution is 6.21. The smallest absolute Gasteiger partial charge is 0.346 e. The summed E-state index contributed by atoms with van der Waals surface area (Å²) in [5.41, 5.74) is -1.48. The molecule has 0 atom stereocenters. The molecule has 41 heavy (non-hydrogen) atoms. The summed E-state index contributed by atoms with van der Waals surface area (Å²) < 4.78 is 5.04. The second-order valence-electron chi connectivity index (χ2n) is 8.60. The van der Waals surface area contributed by atoms with Crippen LogP contribution in [0.25, 0.3) is 0 Å². The fraction of sp³-hybridized carbons (Fsp3) is 0. The van der Waals surface area contributed by atoms with Gasteiger partial charge in [0.2, 0.25) is 0 Å². The summed E-state index contributed by atoms with van der Waals surface area (Å²) in [7, 11) is 0. The molecule has 0 unspecified atom stereocenters. The number of ketones is 2. The SMILES string of the molecule is O=Cc1cccc(C(=O)c2c(C=O)cccc2C(=O)OC(=O)c2cccc(C=O)c2C(=O)c2cccc(C=O)c2)c1. The molecule has 0 saturated carbocycles. The monoisotopic (exact) mass is 546 g/mol. The maximum Gasteiger partial charge on any atom is 0.346 e. The van der Waals surface area contributed by atoms with E-state index in [1.54, 1.807) is 0 Å². The Morgan fingerprint density at radius 2 is 0.878 bits per heavy atom. The molecule has 4 aromatic carbocycles. The van der Waals surface area contributed by atoms with E-state index in [-0.39, 0.29) is 44.5 Å². The Hall–Kier alpha value is -5.96. The van der Waals surface area contributed by atoms with Crippen molar-refractivity contribution in [1.82, 2.24) is 0 Å².